The summed E-state index contributed by atoms with van der Waals surface area (Å²) in [7, 11) is 1.55. The van der Waals surface area contributed by atoms with E-state index in [1.54, 1.807) is 48.4 Å². The third-order valence-electron chi connectivity index (χ3n) is 5.09. The van der Waals surface area contributed by atoms with Crippen molar-refractivity contribution in [3.8, 4) is 5.75 Å². The Morgan fingerprint density at radius 3 is 2.66 bits per heavy atom. The minimum absolute atomic E-state index is 0.0385. The first-order chi connectivity index (χ1) is 13.8. The van der Waals surface area contributed by atoms with Gasteiger partial charge in [-0.3, -0.25) is 4.79 Å². The van der Waals surface area contributed by atoms with Crippen LogP contribution in [0, 0.1) is 5.82 Å². The molecule has 7 heteroatoms. The molecule has 0 radical (unpaired) electrons. The third kappa shape index (κ3) is 4.67. The first kappa shape index (κ1) is 20.6. The molecule has 154 valence electrons. The van der Waals surface area contributed by atoms with Gasteiger partial charge in [-0.15, -0.1) is 0 Å². The molecule has 1 aliphatic rings. The average molecular weight is 399 g/mol. The van der Waals surface area contributed by atoms with Gasteiger partial charge < -0.3 is 20.3 Å². The summed E-state index contributed by atoms with van der Waals surface area (Å²) in [6.45, 7) is 4.63. The summed E-state index contributed by atoms with van der Waals surface area (Å²) in [4.78, 5) is 26.2. The number of amides is 3. The number of benzene rings is 2. The average Bonchev–Trinajstić information content (AvgIpc) is 3.12. The number of ether oxygens (including phenoxy) is 1. The van der Waals surface area contributed by atoms with Crippen LogP contribution < -0.4 is 20.3 Å². The highest BCUT2D eigenvalue weighted by molar-refractivity contribution is 5.98. The number of methoxy groups -OCH3 is 1. The molecule has 2 N–H and O–H groups in total. The predicted molar refractivity (Wildman–Crippen MR) is 111 cm³/mol. The fourth-order valence-corrected chi connectivity index (χ4v) is 3.46. The summed E-state index contributed by atoms with van der Waals surface area (Å²) >= 11 is 0. The lowest BCUT2D eigenvalue weighted by Crippen LogP contribution is -2.39. The van der Waals surface area contributed by atoms with Crippen LogP contribution in [0.2, 0.25) is 0 Å². The Kier molecular flexibility index (Phi) is 6.06. The van der Waals surface area contributed by atoms with Crippen LogP contribution in [-0.4, -0.2) is 32.1 Å². The lowest BCUT2D eigenvalue weighted by Gasteiger charge is -2.26. The van der Waals surface area contributed by atoms with Crippen molar-refractivity contribution in [1.29, 1.82) is 0 Å². The van der Waals surface area contributed by atoms with Crippen LogP contribution in [-0.2, 0) is 10.2 Å². The molecule has 1 saturated heterocycles. The lowest BCUT2D eigenvalue weighted by molar-refractivity contribution is -0.117. The number of urea groups is 1. The van der Waals surface area contributed by atoms with Crippen molar-refractivity contribution in [1.82, 2.24) is 5.32 Å². The molecule has 3 rings (SSSR count). The molecule has 29 heavy (non-hydrogen) atoms. The van der Waals surface area contributed by atoms with Crippen molar-refractivity contribution < 1.29 is 18.7 Å². The third-order valence-corrected chi connectivity index (χ3v) is 5.09. The SMILES string of the molecule is COc1ccc(NC(=O)NCC(C)(C)c2ccccc2F)cc1N1CCCC1=O. The monoisotopic (exact) mass is 399 g/mol. The van der Waals surface area contributed by atoms with E-state index >= 15 is 0 Å². The molecule has 1 aliphatic heterocycles. The molecule has 0 bridgehead atoms. The largest absolute Gasteiger partial charge is 0.495 e. The summed E-state index contributed by atoms with van der Waals surface area (Å²) in [5.41, 5.74) is 1.15. The highest BCUT2D eigenvalue weighted by atomic mass is 19.1. The zero-order valence-electron chi connectivity index (χ0n) is 16.9. The molecule has 2 aromatic rings. The van der Waals surface area contributed by atoms with Gasteiger partial charge >= 0.3 is 6.03 Å². The number of hydrogen-bond donors (Lipinski definition) is 2. The van der Waals surface area contributed by atoms with Crippen LogP contribution >= 0.6 is 0 Å². The number of carbonyl (C=O) groups is 2. The van der Waals surface area contributed by atoms with Gasteiger partial charge in [0.25, 0.3) is 0 Å². The summed E-state index contributed by atoms with van der Waals surface area (Å²) in [6, 6.07) is 11.3. The molecular weight excluding hydrogens is 373 g/mol. The van der Waals surface area contributed by atoms with Crippen molar-refractivity contribution in [3.05, 3.63) is 53.8 Å². The molecule has 0 atom stereocenters. The van der Waals surface area contributed by atoms with Gasteiger partial charge in [0.1, 0.15) is 11.6 Å². The number of nitrogens with zero attached hydrogens (tertiary/aromatic N) is 1. The first-order valence-corrected chi connectivity index (χ1v) is 9.60. The predicted octanol–water partition coefficient (Wildman–Crippen LogP) is 4.06. The van der Waals surface area contributed by atoms with E-state index in [0.717, 1.165) is 6.42 Å². The minimum Gasteiger partial charge on any atom is -0.495 e. The number of nitrogens with one attached hydrogen (secondary N) is 2. The van der Waals surface area contributed by atoms with Crippen molar-refractivity contribution >= 4 is 23.3 Å². The van der Waals surface area contributed by atoms with Gasteiger partial charge in [-0.05, 0) is 36.2 Å². The Morgan fingerprint density at radius 2 is 2.00 bits per heavy atom. The number of carbonyl (C=O) groups excluding carboxylic acids is 2. The van der Waals surface area contributed by atoms with Crippen LogP contribution in [0.3, 0.4) is 0 Å². The zero-order chi connectivity index (χ0) is 21.0. The molecule has 2 aromatic carbocycles. The second kappa shape index (κ2) is 8.51. The van der Waals surface area contributed by atoms with E-state index in [1.807, 2.05) is 13.8 Å². The van der Waals surface area contributed by atoms with Gasteiger partial charge in [0.05, 0.1) is 12.8 Å². The first-order valence-electron chi connectivity index (χ1n) is 9.60. The van der Waals surface area contributed by atoms with Crippen LogP contribution in [0.4, 0.5) is 20.6 Å². The van der Waals surface area contributed by atoms with Gasteiger partial charge in [-0.1, -0.05) is 32.0 Å². The van der Waals surface area contributed by atoms with Gasteiger partial charge in [-0.2, -0.15) is 0 Å². The van der Waals surface area contributed by atoms with Crippen LogP contribution in [0.1, 0.15) is 32.3 Å². The summed E-state index contributed by atoms with van der Waals surface area (Å²) in [5, 5.41) is 5.57. The van der Waals surface area contributed by atoms with E-state index in [-0.39, 0.29) is 18.3 Å². The van der Waals surface area contributed by atoms with Crippen LogP contribution in [0.15, 0.2) is 42.5 Å². The Morgan fingerprint density at radius 1 is 1.24 bits per heavy atom. The highest BCUT2D eigenvalue weighted by Crippen LogP contribution is 2.34. The standard InChI is InChI=1S/C22H26FN3O3/c1-22(2,16-7-4-5-8-17(16)23)14-24-21(28)25-15-10-11-19(29-3)18(13-15)26-12-6-9-20(26)27/h4-5,7-8,10-11,13H,6,9,12,14H2,1-3H3,(H2,24,25,28). The second-order valence-electron chi connectivity index (χ2n) is 7.71. The van der Waals surface area contributed by atoms with E-state index in [4.69, 9.17) is 4.74 Å². The number of hydrogen-bond acceptors (Lipinski definition) is 3. The van der Waals surface area contributed by atoms with Crippen molar-refractivity contribution in [3.63, 3.8) is 0 Å². The van der Waals surface area contributed by atoms with Crippen molar-refractivity contribution in [2.45, 2.75) is 32.1 Å². The zero-order valence-corrected chi connectivity index (χ0v) is 16.9. The lowest BCUT2D eigenvalue weighted by atomic mass is 9.84. The Hall–Kier alpha value is -3.09. The normalized spacial score (nSPS) is 14.1. The number of rotatable bonds is 6. The van der Waals surface area contributed by atoms with E-state index < -0.39 is 11.4 Å². The van der Waals surface area contributed by atoms with Gasteiger partial charge in [0, 0.05) is 30.6 Å². The molecule has 0 aliphatic carbocycles. The Balaban J connectivity index is 1.68. The molecule has 0 unspecified atom stereocenters. The fourth-order valence-electron chi connectivity index (χ4n) is 3.46. The molecule has 0 saturated carbocycles. The smallest absolute Gasteiger partial charge is 0.319 e. The maximum Gasteiger partial charge on any atom is 0.319 e. The van der Waals surface area contributed by atoms with Crippen LogP contribution in [0.25, 0.3) is 0 Å². The molecule has 3 amide bonds. The summed E-state index contributed by atoms with van der Waals surface area (Å²) in [5.74, 6) is 0.318. The molecule has 1 fully saturated rings. The van der Waals surface area contributed by atoms with Crippen LogP contribution in [0.5, 0.6) is 5.75 Å². The van der Waals surface area contributed by atoms with Gasteiger partial charge in [0.2, 0.25) is 5.91 Å². The number of anilines is 2. The Labute approximate surface area is 170 Å². The molecule has 0 aromatic heterocycles. The van der Waals surface area contributed by atoms with Gasteiger partial charge in [0.15, 0.2) is 0 Å². The van der Waals surface area contributed by atoms with E-state index in [9.17, 15) is 14.0 Å². The maximum absolute atomic E-state index is 14.1. The highest BCUT2D eigenvalue weighted by Gasteiger charge is 2.26. The maximum atomic E-state index is 14.1. The fraction of sp³-hybridized carbons (Fsp3) is 0.364. The van der Waals surface area contributed by atoms with E-state index in [0.29, 0.717) is 35.7 Å². The second-order valence-corrected chi connectivity index (χ2v) is 7.71. The van der Waals surface area contributed by atoms with Crippen molar-refractivity contribution in [2.24, 2.45) is 0 Å². The van der Waals surface area contributed by atoms with Crippen molar-refractivity contribution in [2.75, 3.05) is 30.4 Å². The summed E-state index contributed by atoms with van der Waals surface area (Å²) in [6.07, 6.45) is 1.30. The Bertz CT molecular complexity index is 914. The topological polar surface area (TPSA) is 70.7 Å². The van der Waals surface area contributed by atoms with E-state index in [2.05, 4.69) is 10.6 Å². The quantitative estimate of drug-likeness (QED) is 0.770. The molecule has 1 heterocycles. The molecular formula is C22H26FN3O3. The molecule has 0 spiro atoms. The number of halogens is 1. The minimum atomic E-state index is -0.574. The van der Waals surface area contributed by atoms with E-state index in [1.165, 1.54) is 6.07 Å². The summed E-state index contributed by atoms with van der Waals surface area (Å²) < 4.78 is 19.4. The van der Waals surface area contributed by atoms with Gasteiger partial charge in [-0.25, -0.2) is 9.18 Å². The molecule has 6 nitrogen and oxygen atoms in total.